The number of hydrogen-bond acceptors (Lipinski definition) is 4. The van der Waals surface area contributed by atoms with Crippen LogP contribution < -0.4 is 11.1 Å². The van der Waals surface area contributed by atoms with Crippen LogP contribution in [0.2, 0.25) is 0 Å². The van der Waals surface area contributed by atoms with Gasteiger partial charge in [-0.2, -0.15) is 5.10 Å². The molecule has 0 aliphatic carbocycles. The minimum atomic E-state index is -0.800. The second-order valence-electron chi connectivity index (χ2n) is 4.68. The molecule has 1 aromatic heterocycles. The third kappa shape index (κ3) is 3.04. The van der Waals surface area contributed by atoms with Gasteiger partial charge in [0, 0.05) is 30.1 Å². The molecule has 0 saturated heterocycles. The molecule has 2 unspecified atom stereocenters. The van der Waals surface area contributed by atoms with Gasteiger partial charge < -0.3 is 16.2 Å². The second-order valence-corrected chi connectivity index (χ2v) is 4.68. The molecule has 2 rings (SSSR count). The number of carbonyl (C=O) groups is 1. The molecule has 20 heavy (non-hydrogen) atoms. The van der Waals surface area contributed by atoms with Crippen LogP contribution in [-0.4, -0.2) is 20.8 Å². The zero-order valence-electron chi connectivity index (χ0n) is 11.4. The third-order valence-corrected chi connectivity index (χ3v) is 3.04. The Bertz CT molecular complexity index is 607. The van der Waals surface area contributed by atoms with Crippen LogP contribution in [0.1, 0.15) is 30.2 Å². The molecule has 0 saturated carbocycles. The Hall–Kier alpha value is -2.18. The Morgan fingerprint density at radius 3 is 2.75 bits per heavy atom. The van der Waals surface area contributed by atoms with Crippen molar-refractivity contribution in [3.05, 3.63) is 47.8 Å². The standard InChI is InChI=1S/C14H18N4O2/c1-9(19)11-5-3-4-6-12(11)17-14(20)13(15)10-7-16-18(2)8-10/h3-9,13,19H,15H2,1-2H3,(H,17,20). The van der Waals surface area contributed by atoms with Crippen LogP contribution in [0.25, 0.3) is 0 Å². The van der Waals surface area contributed by atoms with Gasteiger partial charge in [-0.3, -0.25) is 9.48 Å². The number of carbonyl (C=O) groups excluding carboxylic acids is 1. The quantitative estimate of drug-likeness (QED) is 0.778. The summed E-state index contributed by atoms with van der Waals surface area (Å²) < 4.78 is 1.59. The van der Waals surface area contributed by atoms with E-state index in [0.29, 0.717) is 16.8 Å². The lowest BCUT2D eigenvalue weighted by Crippen LogP contribution is -2.28. The molecule has 0 bridgehead atoms. The van der Waals surface area contributed by atoms with Crippen molar-refractivity contribution < 1.29 is 9.90 Å². The molecule has 4 N–H and O–H groups in total. The summed E-state index contributed by atoms with van der Waals surface area (Å²) >= 11 is 0. The molecule has 6 nitrogen and oxygen atoms in total. The first kappa shape index (κ1) is 14.2. The monoisotopic (exact) mass is 274 g/mol. The van der Waals surface area contributed by atoms with E-state index in [-0.39, 0.29) is 5.91 Å². The molecular weight excluding hydrogens is 256 g/mol. The fourth-order valence-electron chi connectivity index (χ4n) is 1.94. The number of aliphatic hydroxyl groups excluding tert-OH is 1. The first-order valence-electron chi connectivity index (χ1n) is 6.31. The van der Waals surface area contributed by atoms with Crippen molar-refractivity contribution in [2.24, 2.45) is 12.8 Å². The first-order valence-corrected chi connectivity index (χ1v) is 6.31. The predicted molar refractivity (Wildman–Crippen MR) is 75.8 cm³/mol. The fourth-order valence-corrected chi connectivity index (χ4v) is 1.94. The summed E-state index contributed by atoms with van der Waals surface area (Å²) in [5, 5.41) is 16.4. The van der Waals surface area contributed by atoms with E-state index < -0.39 is 12.1 Å². The smallest absolute Gasteiger partial charge is 0.246 e. The van der Waals surface area contributed by atoms with E-state index in [2.05, 4.69) is 10.4 Å². The van der Waals surface area contributed by atoms with Crippen LogP contribution in [-0.2, 0) is 11.8 Å². The van der Waals surface area contributed by atoms with Crippen molar-refractivity contribution in [2.45, 2.75) is 19.1 Å². The molecule has 1 aromatic carbocycles. The lowest BCUT2D eigenvalue weighted by Gasteiger charge is -2.15. The lowest BCUT2D eigenvalue weighted by molar-refractivity contribution is -0.117. The molecule has 2 aromatic rings. The van der Waals surface area contributed by atoms with Gasteiger partial charge in [0.1, 0.15) is 6.04 Å². The number of nitrogens with one attached hydrogen (secondary N) is 1. The van der Waals surface area contributed by atoms with Gasteiger partial charge in [0.15, 0.2) is 0 Å². The van der Waals surface area contributed by atoms with Crippen molar-refractivity contribution in [2.75, 3.05) is 5.32 Å². The van der Waals surface area contributed by atoms with Crippen LogP contribution in [0.15, 0.2) is 36.7 Å². The molecule has 1 heterocycles. The van der Waals surface area contributed by atoms with Gasteiger partial charge >= 0.3 is 0 Å². The van der Waals surface area contributed by atoms with Gasteiger partial charge in [0.05, 0.1) is 12.3 Å². The predicted octanol–water partition coefficient (Wildman–Crippen LogP) is 1.11. The van der Waals surface area contributed by atoms with Gasteiger partial charge in [-0.1, -0.05) is 18.2 Å². The van der Waals surface area contributed by atoms with Crippen molar-refractivity contribution in [1.29, 1.82) is 0 Å². The number of nitrogens with two attached hydrogens (primary N) is 1. The maximum atomic E-state index is 12.1. The van der Waals surface area contributed by atoms with Gasteiger partial charge in [0.25, 0.3) is 0 Å². The summed E-state index contributed by atoms with van der Waals surface area (Å²) in [5.41, 5.74) is 7.75. The maximum Gasteiger partial charge on any atom is 0.246 e. The highest BCUT2D eigenvalue weighted by molar-refractivity contribution is 5.96. The number of benzene rings is 1. The van der Waals surface area contributed by atoms with Crippen LogP contribution in [0.3, 0.4) is 0 Å². The highest BCUT2D eigenvalue weighted by atomic mass is 16.3. The van der Waals surface area contributed by atoms with E-state index in [4.69, 9.17) is 5.73 Å². The van der Waals surface area contributed by atoms with E-state index in [9.17, 15) is 9.90 Å². The van der Waals surface area contributed by atoms with E-state index in [1.165, 1.54) is 0 Å². The fraction of sp³-hybridized carbons (Fsp3) is 0.286. The Morgan fingerprint density at radius 1 is 1.45 bits per heavy atom. The molecule has 0 aliphatic rings. The number of aryl methyl sites for hydroxylation is 1. The minimum absolute atomic E-state index is 0.342. The van der Waals surface area contributed by atoms with Crippen molar-refractivity contribution in [3.8, 4) is 0 Å². The SMILES string of the molecule is CC(O)c1ccccc1NC(=O)C(N)c1cnn(C)c1. The summed E-state index contributed by atoms with van der Waals surface area (Å²) in [6, 6.07) is 6.28. The minimum Gasteiger partial charge on any atom is -0.389 e. The molecule has 106 valence electrons. The van der Waals surface area contributed by atoms with Gasteiger partial charge in [0.2, 0.25) is 5.91 Å². The molecule has 2 atom stereocenters. The molecule has 0 aliphatic heterocycles. The van der Waals surface area contributed by atoms with Crippen molar-refractivity contribution in [1.82, 2.24) is 9.78 Å². The van der Waals surface area contributed by atoms with E-state index >= 15 is 0 Å². The Morgan fingerprint density at radius 2 is 2.15 bits per heavy atom. The summed E-state index contributed by atoms with van der Waals surface area (Å²) in [7, 11) is 1.76. The van der Waals surface area contributed by atoms with Crippen molar-refractivity contribution in [3.63, 3.8) is 0 Å². The van der Waals surface area contributed by atoms with E-state index in [1.54, 1.807) is 55.3 Å². The van der Waals surface area contributed by atoms with E-state index in [0.717, 1.165) is 0 Å². The lowest BCUT2D eigenvalue weighted by atomic mass is 10.1. The Labute approximate surface area is 117 Å². The molecule has 6 heteroatoms. The van der Waals surface area contributed by atoms with Gasteiger partial charge in [-0.25, -0.2) is 0 Å². The van der Waals surface area contributed by atoms with Gasteiger partial charge in [-0.05, 0) is 13.0 Å². The Kier molecular flexibility index (Phi) is 4.16. The van der Waals surface area contributed by atoms with Crippen LogP contribution >= 0.6 is 0 Å². The summed E-state index contributed by atoms with van der Waals surface area (Å²) in [6.07, 6.45) is 2.59. The molecule has 1 amide bonds. The average molecular weight is 274 g/mol. The maximum absolute atomic E-state index is 12.1. The highest BCUT2D eigenvalue weighted by Crippen LogP contribution is 2.23. The number of amides is 1. The zero-order chi connectivity index (χ0) is 14.7. The summed E-state index contributed by atoms with van der Waals surface area (Å²) in [5.74, 6) is -0.342. The number of aliphatic hydroxyl groups is 1. The molecule has 0 radical (unpaired) electrons. The number of rotatable bonds is 4. The molecule has 0 spiro atoms. The number of anilines is 1. The summed E-state index contributed by atoms with van der Waals surface area (Å²) in [6.45, 7) is 1.64. The van der Waals surface area contributed by atoms with Gasteiger partial charge in [-0.15, -0.1) is 0 Å². The zero-order valence-corrected chi connectivity index (χ0v) is 11.4. The molecule has 0 fully saturated rings. The number of nitrogens with zero attached hydrogens (tertiary/aromatic N) is 2. The topological polar surface area (TPSA) is 93.2 Å². The van der Waals surface area contributed by atoms with Crippen LogP contribution in [0.4, 0.5) is 5.69 Å². The van der Waals surface area contributed by atoms with Crippen LogP contribution in [0.5, 0.6) is 0 Å². The average Bonchev–Trinajstić information content (AvgIpc) is 2.84. The second kappa shape index (κ2) is 5.85. The first-order chi connectivity index (χ1) is 9.49. The normalized spacial score (nSPS) is 13.8. The Balaban J connectivity index is 2.16. The number of para-hydroxylation sites is 1. The number of aromatic nitrogens is 2. The van der Waals surface area contributed by atoms with Crippen molar-refractivity contribution >= 4 is 11.6 Å². The molecular formula is C14H18N4O2. The van der Waals surface area contributed by atoms with E-state index in [1.807, 2.05) is 0 Å². The third-order valence-electron chi connectivity index (χ3n) is 3.04. The summed E-state index contributed by atoms with van der Waals surface area (Å²) in [4.78, 5) is 12.1. The highest BCUT2D eigenvalue weighted by Gasteiger charge is 2.19. The number of hydrogen-bond donors (Lipinski definition) is 3. The largest absolute Gasteiger partial charge is 0.389 e. The van der Waals surface area contributed by atoms with Crippen LogP contribution in [0, 0.1) is 0 Å².